The second kappa shape index (κ2) is 3.85. The molecule has 0 aromatic carbocycles. The van der Waals surface area contributed by atoms with Crippen LogP contribution in [0.25, 0.3) is 0 Å². The minimum absolute atomic E-state index is 0.0197. The summed E-state index contributed by atoms with van der Waals surface area (Å²) in [4.78, 5) is 20.9. The number of aliphatic carboxylic acids is 1. The van der Waals surface area contributed by atoms with Gasteiger partial charge in [0.1, 0.15) is 0 Å². The third-order valence-corrected chi connectivity index (χ3v) is 1.68. The summed E-state index contributed by atoms with van der Waals surface area (Å²) in [5.74, 6) is -2.09. The Hall–Kier alpha value is -1.38. The van der Waals surface area contributed by atoms with Crippen LogP contribution >= 0.6 is 0 Å². The van der Waals surface area contributed by atoms with E-state index in [9.17, 15) is 9.59 Å². The molecule has 64 valence electrons. The fourth-order valence-electron chi connectivity index (χ4n) is 1.06. The van der Waals surface area contributed by atoms with Gasteiger partial charge in [0, 0.05) is 6.42 Å². The predicted molar refractivity (Wildman–Crippen MR) is 43.7 cm³/mol. The van der Waals surface area contributed by atoms with Gasteiger partial charge in [-0.3, -0.25) is 4.79 Å². The maximum atomic E-state index is 10.7. The molecule has 0 fully saturated rings. The zero-order valence-electron chi connectivity index (χ0n) is 6.62. The molecule has 0 saturated heterocycles. The first-order valence-electron chi connectivity index (χ1n) is 3.82. The molecule has 0 aromatic heterocycles. The zero-order chi connectivity index (χ0) is 8.97. The molecule has 0 heterocycles. The van der Waals surface area contributed by atoms with Crippen LogP contribution in [-0.2, 0) is 9.59 Å². The third kappa shape index (κ3) is 2.34. The highest BCUT2D eigenvalue weighted by Crippen LogP contribution is 2.12. The summed E-state index contributed by atoms with van der Waals surface area (Å²) in [7, 11) is 0. The molecule has 0 radical (unpaired) electrons. The highest BCUT2D eigenvalue weighted by atomic mass is 16.4. The molecule has 1 N–H and O–H groups in total. The number of carboxylic acid groups (broad SMARTS) is 1. The normalized spacial score (nSPS) is 15.5. The highest BCUT2D eigenvalue weighted by Gasteiger charge is 2.12. The van der Waals surface area contributed by atoms with Crippen LogP contribution in [0.3, 0.4) is 0 Å². The van der Waals surface area contributed by atoms with Gasteiger partial charge in [-0.15, -0.1) is 0 Å². The highest BCUT2D eigenvalue weighted by molar-refractivity contribution is 6.33. The maximum absolute atomic E-state index is 10.7. The minimum Gasteiger partial charge on any atom is -0.475 e. The fourth-order valence-corrected chi connectivity index (χ4v) is 1.06. The van der Waals surface area contributed by atoms with Crippen molar-refractivity contribution in [3.05, 3.63) is 23.8 Å². The molecule has 12 heavy (non-hydrogen) atoms. The Bertz CT molecular complexity index is 261. The van der Waals surface area contributed by atoms with Crippen LogP contribution in [-0.4, -0.2) is 16.9 Å². The summed E-state index contributed by atoms with van der Waals surface area (Å²) in [5.41, 5.74) is 0.814. The smallest absolute Gasteiger partial charge is 0.372 e. The number of rotatable bonds is 3. The molecule has 1 aliphatic carbocycles. The van der Waals surface area contributed by atoms with Gasteiger partial charge in [-0.05, 0) is 18.4 Å². The largest absolute Gasteiger partial charge is 0.475 e. The van der Waals surface area contributed by atoms with E-state index in [1.165, 1.54) is 0 Å². The molecule has 3 nitrogen and oxygen atoms in total. The van der Waals surface area contributed by atoms with Crippen molar-refractivity contribution in [3.8, 4) is 0 Å². The van der Waals surface area contributed by atoms with Crippen LogP contribution in [0, 0.1) is 0 Å². The van der Waals surface area contributed by atoms with Gasteiger partial charge in [-0.2, -0.15) is 0 Å². The van der Waals surface area contributed by atoms with Crippen molar-refractivity contribution in [1.82, 2.24) is 0 Å². The SMILES string of the molecule is O=C(O)C(=O)CC1=CCCC=C1. The van der Waals surface area contributed by atoms with Gasteiger partial charge in [-0.1, -0.05) is 18.2 Å². The Kier molecular flexibility index (Phi) is 2.80. The molecule has 0 spiro atoms. The number of ketones is 1. The van der Waals surface area contributed by atoms with Crippen molar-refractivity contribution in [2.75, 3.05) is 0 Å². The van der Waals surface area contributed by atoms with E-state index in [-0.39, 0.29) is 6.42 Å². The summed E-state index contributed by atoms with van der Waals surface area (Å²) in [6.45, 7) is 0. The van der Waals surface area contributed by atoms with Crippen molar-refractivity contribution in [3.63, 3.8) is 0 Å². The minimum atomic E-state index is -1.35. The number of hydrogen-bond acceptors (Lipinski definition) is 2. The Morgan fingerprint density at radius 1 is 1.42 bits per heavy atom. The number of carbonyl (C=O) groups excluding carboxylic acids is 1. The predicted octanol–water partition coefficient (Wildman–Crippen LogP) is 1.31. The van der Waals surface area contributed by atoms with E-state index < -0.39 is 11.8 Å². The Morgan fingerprint density at radius 2 is 2.17 bits per heavy atom. The van der Waals surface area contributed by atoms with Crippen LogP contribution in [0.1, 0.15) is 19.3 Å². The summed E-state index contributed by atoms with van der Waals surface area (Å²) in [6.07, 6.45) is 7.56. The molecule has 1 aliphatic rings. The lowest BCUT2D eigenvalue weighted by atomic mass is 10.0. The lowest BCUT2D eigenvalue weighted by molar-refractivity contribution is -0.148. The number of Topliss-reactive ketones (excluding diaryl/α,β-unsaturated/α-hetero) is 1. The van der Waals surface area contributed by atoms with E-state index in [1.54, 1.807) is 0 Å². The number of hydrogen-bond donors (Lipinski definition) is 1. The van der Waals surface area contributed by atoms with Gasteiger partial charge in [-0.25, -0.2) is 4.79 Å². The first-order valence-corrected chi connectivity index (χ1v) is 3.82. The molecular weight excluding hydrogens is 156 g/mol. The Labute approximate surface area is 70.4 Å². The van der Waals surface area contributed by atoms with E-state index in [0.29, 0.717) is 0 Å². The van der Waals surface area contributed by atoms with Gasteiger partial charge in [0.05, 0.1) is 0 Å². The van der Waals surface area contributed by atoms with Crippen molar-refractivity contribution < 1.29 is 14.7 Å². The fraction of sp³-hybridized carbons (Fsp3) is 0.333. The molecule has 0 unspecified atom stereocenters. The molecule has 0 atom stereocenters. The number of allylic oxidation sites excluding steroid dienone is 4. The quantitative estimate of drug-likeness (QED) is 0.643. The molecule has 0 aromatic rings. The summed E-state index contributed by atoms with van der Waals surface area (Å²) in [5, 5.41) is 8.31. The number of carboxylic acids is 1. The average molecular weight is 166 g/mol. The van der Waals surface area contributed by atoms with Crippen LogP contribution in [0.5, 0.6) is 0 Å². The first-order chi connectivity index (χ1) is 5.70. The summed E-state index contributed by atoms with van der Waals surface area (Å²) >= 11 is 0. The van der Waals surface area contributed by atoms with E-state index in [1.807, 2.05) is 18.2 Å². The lowest BCUT2D eigenvalue weighted by Gasteiger charge is -2.03. The third-order valence-electron chi connectivity index (χ3n) is 1.68. The number of carbonyl (C=O) groups is 2. The molecule has 3 heteroatoms. The van der Waals surface area contributed by atoms with Crippen LogP contribution < -0.4 is 0 Å². The topological polar surface area (TPSA) is 54.4 Å². The molecule has 1 rings (SSSR count). The monoisotopic (exact) mass is 166 g/mol. The molecule has 0 aliphatic heterocycles. The Balaban J connectivity index is 2.51. The molecule has 0 amide bonds. The molecule has 0 saturated carbocycles. The average Bonchev–Trinajstić information content (AvgIpc) is 2.06. The van der Waals surface area contributed by atoms with Crippen molar-refractivity contribution in [1.29, 1.82) is 0 Å². The second-order valence-electron chi connectivity index (χ2n) is 2.66. The van der Waals surface area contributed by atoms with E-state index >= 15 is 0 Å². The second-order valence-corrected chi connectivity index (χ2v) is 2.66. The standard InChI is InChI=1S/C9H10O3/c10-8(9(11)12)6-7-4-2-1-3-5-7/h2,4-5H,1,3,6H2,(H,11,12). The maximum Gasteiger partial charge on any atom is 0.372 e. The van der Waals surface area contributed by atoms with Crippen LogP contribution in [0.15, 0.2) is 23.8 Å². The van der Waals surface area contributed by atoms with Crippen molar-refractivity contribution >= 4 is 11.8 Å². The lowest BCUT2D eigenvalue weighted by Crippen LogP contribution is -2.12. The van der Waals surface area contributed by atoms with Crippen molar-refractivity contribution in [2.45, 2.75) is 19.3 Å². The van der Waals surface area contributed by atoms with Gasteiger partial charge in [0.15, 0.2) is 0 Å². The van der Waals surface area contributed by atoms with Gasteiger partial charge in [0.2, 0.25) is 5.78 Å². The summed E-state index contributed by atoms with van der Waals surface area (Å²) in [6, 6.07) is 0. The van der Waals surface area contributed by atoms with E-state index in [4.69, 9.17) is 5.11 Å². The van der Waals surface area contributed by atoms with Crippen LogP contribution in [0.2, 0.25) is 0 Å². The summed E-state index contributed by atoms with van der Waals surface area (Å²) < 4.78 is 0. The van der Waals surface area contributed by atoms with Gasteiger partial charge in [0.25, 0.3) is 0 Å². The van der Waals surface area contributed by atoms with E-state index in [2.05, 4.69) is 0 Å². The Morgan fingerprint density at radius 3 is 2.67 bits per heavy atom. The van der Waals surface area contributed by atoms with E-state index in [0.717, 1.165) is 18.4 Å². The first kappa shape index (κ1) is 8.71. The van der Waals surface area contributed by atoms with Gasteiger partial charge >= 0.3 is 5.97 Å². The zero-order valence-corrected chi connectivity index (χ0v) is 6.62. The molecular formula is C9H10O3. The van der Waals surface area contributed by atoms with Crippen LogP contribution in [0.4, 0.5) is 0 Å². The van der Waals surface area contributed by atoms with Crippen molar-refractivity contribution in [2.24, 2.45) is 0 Å². The van der Waals surface area contributed by atoms with Gasteiger partial charge < -0.3 is 5.11 Å². The molecule has 0 bridgehead atoms.